The molecule has 1 aliphatic carbocycles. The molecule has 4 heteroatoms. The Morgan fingerprint density at radius 3 is 1.00 bits per heavy atom. The second-order valence-corrected chi connectivity index (χ2v) is 7.32. The maximum Gasteiger partial charge on any atom is 0.634 e. The Hall–Kier alpha value is -0.0551. The molecule has 2 N–H and O–H groups in total. The molecule has 0 heterocycles. The van der Waals surface area contributed by atoms with Gasteiger partial charge in [0.25, 0.3) is 0 Å². The van der Waals surface area contributed by atoms with Crippen LogP contribution in [0.2, 0.25) is 0 Å². The molecule has 0 aromatic carbocycles. The molecule has 0 radical (unpaired) electrons. The Morgan fingerprint density at radius 1 is 0.478 bits per heavy atom. The van der Waals surface area contributed by atoms with Gasteiger partial charge in [0.05, 0.1) is 0 Å². The van der Waals surface area contributed by atoms with E-state index in [0.717, 1.165) is 25.7 Å². The lowest BCUT2D eigenvalue weighted by molar-refractivity contribution is 0.101. The minimum atomic E-state index is -1.61. The van der Waals surface area contributed by atoms with Crippen LogP contribution < -0.4 is 0 Å². The summed E-state index contributed by atoms with van der Waals surface area (Å²) < 4.78 is 5.26. The van der Waals surface area contributed by atoms with Gasteiger partial charge in [-0.15, -0.1) is 0 Å². The lowest BCUT2D eigenvalue weighted by Gasteiger charge is -2.17. The molecule has 0 aromatic rings. The maximum atomic E-state index is 9.06. The van der Waals surface area contributed by atoms with Gasteiger partial charge < -0.3 is 14.7 Å². The van der Waals surface area contributed by atoms with Crippen molar-refractivity contribution in [2.75, 3.05) is 0 Å². The Bertz CT molecular complexity index is 229. The predicted octanol–water partition coefficient (Wildman–Crippen LogP) is 5.38. The van der Waals surface area contributed by atoms with Crippen LogP contribution in [0, 0.1) is 0 Å². The molecule has 0 saturated heterocycles. The molecule has 0 aromatic heterocycles. The van der Waals surface area contributed by atoms with Gasteiger partial charge in [0.2, 0.25) is 0 Å². The van der Waals surface area contributed by atoms with Crippen LogP contribution in [0.3, 0.4) is 0 Å². The van der Waals surface area contributed by atoms with E-state index >= 15 is 0 Å². The number of hydrogen-bond donors (Lipinski definition) is 2. The van der Waals surface area contributed by atoms with Crippen molar-refractivity contribution in [1.29, 1.82) is 0 Å². The fourth-order valence-corrected chi connectivity index (χ4v) is 3.67. The molecule has 1 saturated carbocycles. The summed E-state index contributed by atoms with van der Waals surface area (Å²) in [6.45, 7) is 0. The van der Waals surface area contributed by atoms with Crippen molar-refractivity contribution in [1.82, 2.24) is 0 Å². The van der Waals surface area contributed by atoms with Crippen LogP contribution >= 0.6 is 0 Å². The third-order valence-electron chi connectivity index (χ3n) is 5.12. The highest BCUT2D eigenvalue weighted by molar-refractivity contribution is 6.32. The van der Waals surface area contributed by atoms with Crippen molar-refractivity contribution in [2.24, 2.45) is 0 Å². The Balaban J connectivity index is 2.23. The number of hydrogen-bond acceptors (Lipinski definition) is 3. The standard InChI is InChI=1S/C19H39BO3/c21-20(22)23-19-17-15-13-11-9-7-5-3-1-2-4-6-8-10-12-14-16-18-19/h19,21-22H,1-18H2. The van der Waals surface area contributed by atoms with E-state index in [2.05, 4.69) is 0 Å². The molecular weight excluding hydrogens is 287 g/mol. The normalized spacial score (nSPS) is 22.7. The topological polar surface area (TPSA) is 49.7 Å². The van der Waals surface area contributed by atoms with Crippen LogP contribution in [0.5, 0.6) is 0 Å². The molecule has 0 aliphatic heterocycles. The lowest BCUT2D eigenvalue weighted by Crippen LogP contribution is -2.25. The van der Waals surface area contributed by atoms with Crippen LogP contribution in [0.15, 0.2) is 0 Å². The summed E-state index contributed by atoms with van der Waals surface area (Å²) in [4.78, 5) is 0. The average molecular weight is 326 g/mol. The van der Waals surface area contributed by atoms with Gasteiger partial charge in [-0.3, -0.25) is 0 Å². The fraction of sp³-hybridized carbons (Fsp3) is 1.00. The number of rotatable bonds is 2. The predicted molar refractivity (Wildman–Crippen MR) is 98.2 cm³/mol. The van der Waals surface area contributed by atoms with Crippen LogP contribution in [0.25, 0.3) is 0 Å². The molecule has 1 aliphatic rings. The van der Waals surface area contributed by atoms with Crippen molar-refractivity contribution in [2.45, 2.75) is 122 Å². The van der Waals surface area contributed by atoms with Crippen LogP contribution in [-0.2, 0) is 4.65 Å². The van der Waals surface area contributed by atoms with Gasteiger partial charge >= 0.3 is 7.32 Å². The minimum Gasteiger partial charge on any atom is -0.402 e. The molecule has 1 fully saturated rings. The van der Waals surface area contributed by atoms with Crippen molar-refractivity contribution in [3.63, 3.8) is 0 Å². The molecule has 0 unspecified atom stereocenters. The van der Waals surface area contributed by atoms with Gasteiger partial charge in [0.1, 0.15) is 0 Å². The van der Waals surface area contributed by atoms with E-state index in [9.17, 15) is 0 Å². The first-order chi connectivity index (χ1) is 11.3. The summed E-state index contributed by atoms with van der Waals surface area (Å²) in [7, 11) is -1.61. The maximum absolute atomic E-state index is 9.06. The molecule has 0 atom stereocenters. The second-order valence-electron chi connectivity index (χ2n) is 7.32. The first kappa shape index (κ1) is 21.0. The van der Waals surface area contributed by atoms with E-state index in [0.29, 0.717) is 0 Å². The summed E-state index contributed by atoms with van der Waals surface area (Å²) >= 11 is 0. The summed E-state index contributed by atoms with van der Waals surface area (Å²) in [5.41, 5.74) is 0. The van der Waals surface area contributed by atoms with Gasteiger partial charge in [0.15, 0.2) is 0 Å². The first-order valence-electron chi connectivity index (χ1n) is 10.3. The molecule has 0 amide bonds. The van der Waals surface area contributed by atoms with Gasteiger partial charge in [0, 0.05) is 6.10 Å². The zero-order valence-corrected chi connectivity index (χ0v) is 15.2. The zero-order chi connectivity index (χ0) is 16.6. The smallest absolute Gasteiger partial charge is 0.402 e. The molecule has 23 heavy (non-hydrogen) atoms. The van der Waals surface area contributed by atoms with E-state index in [-0.39, 0.29) is 6.10 Å². The SMILES string of the molecule is OB(O)OC1CCCCCCCCCCCCCCCCCC1. The highest BCUT2D eigenvalue weighted by Gasteiger charge is 2.17. The lowest BCUT2D eigenvalue weighted by atomic mass is 10.0. The van der Waals surface area contributed by atoms with Gasteiger partial charge in [-0.05, 0) is 12.8 Å². The quantitative estimate of drug-likeness (QED) is 0.670. The van der Waals surface area contributed by atoms with Crippen molar-refractivity contribution >= 4 is 7.32 Å². The van der Waals surface area contributed by atoms with Crippen LogP contribution in [0.1, 0.15) is 116 Å². The summed E-state index contributed by atoms with van der Waals surface area (Å²) in [5, 5.41) is 18.1. The van der Waals surface area contributed by atoms with E-state index in [4.69, 9.17) is 14.7 Å². The molecule has 1 rings (SSSR count). The van der Waals surface area contributed by atoms with Crippen molar-refractivity contribution in [3.05, 3.63) is 0 Å². The van der Waals surface area contributed by atoms with Gasteiger partial charge in [-0.25, -0.2) is 0 Å². The summed E-state index contributed by atoms with van der Waals surface area (Å²) in [5.74, 6) is 0. The molecule has 136 valence electrons. The monoisotopic (exact) mass is 326 g/mol. The van der Waals surface area contributed by atoms with Crippen molar-refractivity contribution in [3.8, 4) is 0 Å². The highest BCUT2D eigenvalue weighted by Crippen LogP contribution is 2.18. The van der Waals surface area contributed by atoms with E-state index in [1.807, 2.05) is 0 Å². The molecule has 0 spiro atoms. The Kier molecular flexibility index (Phi) is 14.1. The Morgan fingerprint density at radius 2 is 0.739 bits per heavy atom. The fourth-order valence-electron chi connectivity index (χ4n) is 3.67. The molecule has 0 bridgehead atoms. The molecule has 3 nitrogen and oxygen atoms in total. The molecular formula is C19H39BO3. The zero-order valence-electron chi connectivity index (χ0n) is 15.2. The van der Waals surface area contributed by atoms with Crippen molar-refractivity contribution < 1.29 is 14.7 Å². The van der Waals surface area contributed by atoms with E-state index < -0.39 is 7.32 Å². The highest BCUT2D eigenvalue weighted by atomic mass is 16.6. The van der Waals surface area contributed by atoms with Crippen LogP contribution in [0.4, 0.5) is 0 Å². The summed E-state index contributed by atoms with van der Waals surface area (Å²) in [6, 6.07) is 0. The van der Waals surface area contributed by atoms with E-state index in [1.165, 1.54) is 89.9 Å². The first-order valence-corrected chi connectivity index (χ1v) is 10.3. The van der Waals surface area contributed by atoms with Gasteiger partial charge in [-0.1, -0.05) is 103 Å². The third kappa shape index (κ3) is 14.0. The Labute approximate surface area is 144 Å². The minimum absolute atomic E-state index is 0.0251. The second kappa shape index (κ2) is 15.5. The largest absolute Gasteiger partial charge is 0.634 e. The van der Waals surface area contributed by atoms with Gasteiger partial charge in [-0.2, -0.15) is 0 Å². The van der Waals surface area contributed by atoms with E-state index in [1.54, 1.807) is 0 Å². The average Bonchev–Trinajstić information content (AvgIpc) is 2.52. The summed E-state index contributed by atoms with van der Waals surface area (Å²) in [6.07, 6.45) is 23.4. The van der Waals surface area contributed by atoms with Crippen LogP contribution in [-0.4, -0.2) is 23.5 Å². The third-order valence-corrected chi connectivity index (χ3v) is 5.12.